The molecule has 2 rings (SSSR count). The third-order valence-electron chi connectivity index (χ3n) is 3.22. The zero-order valence-electron chi connectivity index (χ0n) is 13.3. The molecule has 1 aromatic rings. The number of nitrogens with zero attached hydrogens (tertiary/aromatic N) is 1. The first-order valence-corrected chi connectivity index (χ1v) is 7.60. The molecule has 25 heavy (non-hydrogen) atoms. The summed E-state index contributed by atoms with van der Waals surface area (Å²) in [6.45, 7) is -1.29. The molecule has 2 N–H and O–H groups in total. The van der Waals surface area contributed by atoms with Gasteiger partial charge in [0.25, 0.3) is 0 Å². The van der Waals surface area contributed by atoms with Crippen LogP contribution < -0.4 is 14.8 Å². The number of benzene rings is 1. The first-order chi connectivity index (χ1) is 11.9. The number of halogens is 3. The maximum atomic E-state index is 12.2. The van der Waals surface area contributed by atoms with Crippen LogP contribution in [0.25, 0.3) is 0 Å². The summed E-state index contributed by atoms with van der Waals surface area (Å²) in [6.07, 6.45) is -4.42. The Kier molecular flexibility index (Phi) is 6.71. The van der Waals surface area contributed by atoms with Crippen LogP contribution in [-0.4, -0.2) is 68.3 Å². The van der Waals surface area contributed by atoms with E-state index in [0.29, 0.717) is 30.4 Å². The minimum Gasteiger partial charge on any atom is -0.486 e. The minimum atomic E-state index is -4.42. The van der Waals surface area contributed by atoms with Gasteiger partial charge < -0.3 is 29.5 Å². The van der Waals surface area contributed by atoms with Crippen LogP contribution in [-0.2, 0) is 4.74 Å². The first-order valence-electron chi connectivity index (χ1n) is 7.60. The minimum absolute atomic E-state index is 0.0359. The van der Waals surface area contributed by atoms with Crippen LogP contribution in [0.5, 0.6) is 11.5 Å². The number of amides is 2. The molecule has 1 heterocycles. The summed E-state index contributed by atoms with van der Waals surface area (Å²) in [5.74, 6) is 1.06. The molecule has 1 aliphatic heterocycles. The highest BCUT2D eigenvalue weighted by molar-refractivity contribution is 5.89. The van der Waals surface area contributed by atoms with Crippen molar-refractivity contribution < 1.29 is 37.3 Å². The smallest absolute Gasteiger partial charge is 0.411 e. The number of hydrogen-bond donors (Lipinski definition) is 2. The summed E-state index contributed by atoms with van der Waals surface area (Å²) in [4.78, 5) is 13.4. The number of urea groups is 1. The van der Waals surface area contributed by atoms with Crippen LogP contribution in [0.4, 0.5) is 23.7 Å². The van der Waals surface area contributed by atoms with Crippen LogP contribution in [0.2, 0.25) is 0 Å². The molecule has 1 aromatic carbocycles. The van der Waals surface area contributed by atoms with Crippen LogP contribution in [0.3, 0.4) is 0 Å². The van der Waals surface area contributed by atoms with E-state index < -0.39 is 18.8 Å². The van der Waals surface area contributed by atoms with Gasteiger partial charge in [0.2, 0.25) is 0 Å². The summed E-state index contributed by atoms with van der Waals surface area (Å²) in [7, 11) is 0. The Labute approximate surface area is 142 Å². The second-order valence-corrected chi connectivity index (χ2v) is 5.17. The van der Waals surface area contributed by atoms with E-state index in [1.807, 2.05) is 0 Å². The standard InChI is InChI=1S/C15H19F3N2O5/c16-15(17,18)10-23-6-4-20(3-5-21)14(22)19-11-1-2-12-13(9-11)25-8-7-24-12/h1-2,9,21H,3-8,10H2,(H,19,22). The Balaban J connectivity index is 1.88. The Hall–Kier alpha value is -2.20. The quantitative estimate of drug-likeness (QED) is 0.722. The lowest BCUT2D eigenvalue weighted by atomic mass is 10.2. The van der Waals surface area contributed by atoms with Gasteiger partial charge in [-0.3, -0.25) is 0 Å². The van der Waals surface area contributed by atoms with Crippen molar-refractivity contribution in [2.75, 3.05) is 51.4 Å². The number of alkyl halides is 3. The Bertz CT molecular complexity index is 583. The number of fused-ring (bicyclic) bond motifs is 1. The maximum Gasteiger partial charge on any atom is 0.411 e. The van der Waals surface area contributed by atoms with E-state index in [2.05, 4.69) is 10.1 Å². The number of carbonyl (C=O) groups excluding carboxylic acids is 1. The Morgan fingerprint density at radius 1 is 1.24 bits per heavy atom. The van der Waals surface area contributed by atoms with Gasteiger partial charge in [-0.05, 0) is 12.1 Å². The summed E-state index contributed by atoms with van der Waals surface area (Å²) >= 11 is 0. The monoisotopic (exact) mass is 364 g/mol. The Morgan fingerprint density at radius 2 is 1.96 bits per heavy atom. The normalized spacial score (nSPS) is 13.4. The van der Waals surface area contributed by atoms with E-state index >= 15 is 0 Å². The molecule has 140 valence electrons. The lowest BCUT2D eigenvalue weighted by molar-refractivity contribution is -0.174. The predicted molar refractivity (Wildman–Crippen MR) is 82.0 cm³/mol. The number of hydrogen-bond acceptors (Lipinski definition) is 5. The van der Waals surface area contributed by atoms with Crippen molar-refractivity contribution in [3.8, 4) is 11.5 Å². The third-order valence-corrected chi connectivity index (χ3v) is 3.22. The second kappa shape index (κ2) is 8.77. The highest BCUT2D eigenvalue weighted by atomic mass is 19.4. The van der Waals surface area contributed by atoms with E-state index in [1.54, 1.807) is 18.2 Å². The molecule has 0 fully saturated rings. The van der Waals surface area contributed by atoms with Crippen LogP contribution in [0, 0.1) is 0 Å². The number of carbonyl (C=O) groups is 1. The number of nitrogens with one attached hydrogen (secondary N) is 1. The molecule has 0 saturated heterocycles. The van der Waals surface area contributed by atoms with Crippen molar-refractivity contribution in [1.82, 2.24) is 4.90 Å². The average Bonchev–Trinajstić information content (AvgIpc) is 2.56. The number of ether oxygens (including phenoxy) is 3. The first kappa shape index (κ1) is 19.1. The summed E-state index contributed by atoms with van der Waals surface area (Å²) in [5, 5.41) is 11.6. The highest BCUT2D eigenvalue weighted by Crippen LogP contribution is 2.32. The molecule has 0 unspecified atom stereocenters. The van der Waals surface area contributed by atoms with E-state index in [0.717, 1.165) is 4.90 Å². The molecule has 2 amide bonds. The molecule has 1 aliphatic rings. The lowest BCUT2D eigenvalue weighted by Gasteiger charge is -2.23. The van der Waals surface area contributed by atoms with Crippen molar-refractivity contribution in [3.63, 3.8) is 0 Å². The van der Waals surface area contributed by atoms with Crippen molar-refractivity contribution >= 4 is 11.7 Å². The fraction of sp³-hybridized carbons (Fsp3) is 0.533. The number of aliphatic hydroxyl groups excluding tert-OH is 1. The van der Waals surface area contributed by atoms with Crippen LogP contribution in [0.1, 0.15) is 0 Å². The van der Waals surface area contributed by atoms with E-state index in [-0.39, 0.29) is 26.3 Å². The molecular weight excluding hydrogens is 345 g/mol. The van der Waals surface area contributed by atoms with Crippen molar-refractivity contribution in [2.24, 2.45) is 0 Å². The van der Waals surface area contributed by atoms with Crippen LogP contribution >= 0.6 is 0 Å². The average molecular weight is 364 g/mol. The summed E-state index contributed by atoms with van der Waals surface area (Å²) in [6, 6.07) is 4.28. The van der Waals surface area contributed by atoms with Gasteiger partial charge in [0.15, 0.2) is 11.5 Å². The molecule has 0 aliphatic carbocycles. The largest absolute Gasteiger partial charge is 0.486 e. The van der Waals surface area contributed by atoms with Crippen molar-refractivity contribution in [1.29, 1.82) is 0 Å². The maximum absolute atomic E-state index is 12.2. The van der Waals surface area contributed by atoms with Gasteiger partial charge >= 0.3 is 12.2 Å². The number of aliphatic hydroxyl groups is 1. The SMILES string of the molecule is O=C(Nc1ccc2c(c1)OCCO2)N(CCO)CCOCC(F)(F)F. The van der Waals surface area contributed by atoms with E-state index in [1.165, 1.54) is 0 Å². The van der Waals surface area contributed by atoms with E-state index in [9.17, 15) is 18.0 Å². The van der Waals surface area contributed by atoms with Gasteiger partial charge in [-0.15, -0.1) is 0 Å². The van der Waals surface area contributed by atoms with Gasteiger partial charge in [0.1, 0.15) is 19.8 Å². The summed E-state index contributed by atoms with van der Waals surface area (Å²) in [5.41, 5.74) is 0.438. The van der Waals surface area contributed by atoms with E-state index in [4.69, 9.17) is 14.6 Å². The van der Waals surface area contributed by atoms with Gasteiger partial charge in [-0.2, -0.15) is 13.2 Å². The van der Waals surface area contributed by atoms with Gasteiger partial charge in [-0.1, -0.05) is 0 Å². The highest BCUT2D eigenvalue weighted by Gasteiger charge is 2.27. The zero-order valence-corrected chi connectivity index (χ0v) is 13.3. The van der Waals surface area contributed by atoms with Gasteiger partial charge in [0, 0.05) is 24.8 Å². The molecular formula is C15H19F3N2O5. The lowest BCUT2D eigenvalue weighted by Crippen LogP contribution is -2.39. The summed E-state index contributed by atoms with van der Waals surface area (Å²) < 4.78 is 51.4. The number of anilines is 1. The molecule has 10 heteroatoms. The molecule has 0 bridgehead atoms. The van der Waals surface area contributed by atoms with Crippen molar-refractivity contribution in [2.45, 2.75) is 6.18 Å². The Morgan fingerprint density at radius 3 is 2.64 bits per heavy atom. The molecule has 0 saturated carbocycles. The topological polar surface area (TPSA) is 80.3 Å². The van der Waals surface area contributed by atoms with Gasteiger partial charge in [0.05, 0.1) is 13.2 Å². The number of rotatable bonds is 7. The zero-order chi connectivity index (χ0) is 18.3. The molecule has 0 aromatic heterocycles. The third kappa shape index (κ3) is 6.31. The molecule has 0 atom stereocenters. The molecule has 7 nitrogen and oxygen atoms in total. The molecule has 0 radical (unpaired) electrons. The van der Waals surface area contributed by atoms with Gasteiger partial charge in [-0.25, -0.2) is 4.79 Å². The predicted octanol–water partition coefficient (Wildman–Crippen LogP) is 1.86. The fourth-order valence-corrected chi connectivity index (χ4v) is 2.12. The second-order valence-electron chi connectivity index (χ2n) is 5.17. The molecule has 0 spiro atoms. The fourth-order valence-electron chi connectivity index (χ4n) is 2.12. The van der Waals surface area contributed by atoms with Crippen molar-refractivity contribution in [3.05, 3.63) is 18.2 Å². The van der Waals surface area contributed by atoms with Crippen LogP contribution in [0.15, 0.2) is 18.2 Å².